The minimum atomic E-state index is -3.13. The molecule has 0 unspecified atom stereocenters. The van der Waals surface area contributed by atoms with Gasteiger partial charge in [-0.05, 0) is 36.8 Å². The number of piperidine rings is 1. The lowest BCUT2D eigenvalue weighted by molar-refractivity contribution is -0.121. The topological polar surface area (TPSA) is 104 Å². The summed E-state index contributed by atoms with van der Waals surface area (Å²) >= 11 is 0. The van der Waals surface area contributed by atoms with Crippen LogP contribution in [-0.4, -0.2) is 55.6 Å². The molecule has 0 saturated carbocycles. The van der Waals surface area contributed by atoms with Gasteiger partial charge < -0.3 is 10.4 Å². The molecule has 0 atom stereocenters. The van der Waals surface area contributed by atoms with Crippen LogP contribution in [0.1, 0.15) is 35.2 Å². The average molecular weight is 368 g/mol. The van der Waals surface area contributed by atoms with Crippen LogP contribution in [0.5, 0.6) is 0 Å². The van der Waals surface area contributed by atoms with E-state index in [1.54, 1.807) is 18.2 Å². The monoisotopic (exact) mass is 368 g/mol. The highest BCUT2D eigenvalue weighted by Crippen LogP contribution is 2.18. The number of nitrogens with zero attached hydrogens (tertiary/aromatic N) is 1. The summed E-state index contributed by atoms with van der Waals surface area (Å²) in [5.74, 6) is -0.840. The molecule has 0 bridgehead atoms. The third kappa shape index (κ3) is 5.82. The van der Waals surface area contributed by atoms with Crippen LogP contribution in [0.2, 0.25) is 0 Å². The first-order chi connectivity index (χ1) is 11.8. The number of carbonyl (C=O) groups is 2. The van der Waals surface area contributed by atoms with Gasteiger partial charge in [0, 0.05) is 26.1 Å². The predicted molar refractivity (Wildman–Crippen MR) is 93.9 cm³/mol. The van der Waals surface area contributed by atoms with Gasteiger partial charge in [-0.1, -0.05) is 18.2 Å². The highest BCUT2D eigenvalue weighted by atomic mass is 32.2. The van der Waals surface area contributed by atoms with Crippen molar-refractivity contribution in [2.75, 3.05) is 25.9 Å². The number of carbonyl (C=O) groups excluding carboxylic acids is 1. The maximum Gasteiger partial charge on any atom is 0.335 e. The van der Waals surface area contributed by atoms with Gasteiger partial charge in [0.25, 0.3) is 0 Å². The molecule has 0 spiro atoms. The summed E-state index contributed by atoms with van der Waals surface area (Å²) in [5, 5.41) is 12.0. The van der Waals surface area contributed by atoms with Gasteiger partial charge in [0.2, 0.25) is 15.9 Å². The third-order valence-corrected chi connectivity index (χ3v) is 5.80. The Bertz CT molecular complexity index is 724. The molecule has 1 saturated heterocycles. The zero-order valence-corrected chi connectivity index (χ0v) is 15.1. The number of nitrogens with one attached hydrogen (secondary N) is 1. The molecule has 1 aromatic rings. The van der Waals surface area contributed by atoms with Crippen LogP contribution >= 0.6 is 0 Å². The molecule has 1 fully saturated rings. The lowest BCUT2D eigenvalue weighted by Gasteiger charge is -2.30. The normalized spacial score (nSPS) is 16.5. The second-order valence-corrected chi connectivity index (χ2v) is 8.35. The minimum Gasteiger partial charge on any atom is -0.478 e. The molecule has 0 radical (unpaired) electrons. The van der Waals surface area contributed by atoms with Crippen molar-refractivity contribution >= 4 is 21.9 Å². The van der Waals surface area contributed by atoms with Crippen molar-refractivity contribution in [3.63, 3.8) is 0 Å². The van der Waals surface area contributed by atoms with E-state index in [-0.39, 0.29) is 23.8 Å². The predicted octanol–water partition coefficient (Wildman–Crippen LogP) is 1.11. The number of rotatable bonds is 7. The summed E-state index contributed by atoms with van der Waals surface area (Å²) in [4.78, 5) is 23.1. The Morgan fingerprint density at radius 1 is 1.24 bits per heavy atom. The number of benzene rings is 1. The summed E-state index contributed by atoms with van der Waals surface area (Å²) < 4.78 is 24.4. The smallest absolute Gasteiger partial charge is 0.335 e. The van der Waals surface area contributed by atoms with Crippen LogP contribution in [0, 0.1) is 5.92 Å². The maximum absolute atomic E-state index is 12.0. The van der Waals surface area contributed by atoms with E-state index < -0.39 is 16.0 Å². The van der Waals surface area contributed by atoms with Crippen molar-refractivity contribution in [1.82, 2.24) is 9.62 Å². The molecule has 1 aliphatic heterocycles. The Kier molecular flexibility index (Phi) is 6.55. The van der Waals surface area contributed by atoms with Crippen LogP contribution in [0.3, 0.4) is 0 Å². The lowest BCUT2D eigenvalue weighted by Crippen LogP contribution is -2.41. The van der Waals surface area contributed by atoms with Crippen molar-refractivity contribution in [1.29, 1.82) is 0 Å². The van der Waals surface area contributed by atoms with Crippen molar-refractivity contribution in [2.24, 2.45) is 5.92 Å². The Hall–Kier alpha value is -1.93. The molecule has 1 amide bonds. The molecule has 7 nitrogen and oxygen atoms in total. The zero-order chi connectivity index (χ0) is 18.4. The van der Waals surface area contributed by atoms with E-state index in [2.05, 4.69) is 5.32 Å². The fourth-order valence-corrected chi connectivity index (χ4v) is 3.86. The van der Waals surface area contributed by atoms with Gasteiger partial charge in [0.1, 0.15) is 0 Å². The second kappa shape index (κ2) is 8.44. The standard InChI is InChI=1S/C17H24N2O5S/c1-25(23,24)19-10-8-13(9-11-19)12-18-16(20)7-6-14-4-2-3-5-15(14)17(21)22/h2-5,13H,6-12H2,1H3,(H,18,20)(H,21,22). The van der Waals surface area contributed by atoms with E-state index >= 15 is 0 Å². The first-order valence-corrected chi connectivity index (χ1v) is 10.1. The Balaban J connectivity index is 1.74. The number of aromatic carboxylic acids is 1. The first kappa shape index (κ1) is 19.4. The minimum absolute atomic E-state index is 0.120. The summed E-state index contributed by atoms with van der Waals surface area (Å²) in [5.41, 5.74) is 0.870. The van der Waals surface area contributed by atoms with Crippen molar-refractivity contribution < 1.29 is 23.1 Å². The number of amides is 1. The molecule has 8 heteroatoms. The van der Waals surface area contributed by atoms with E-state index in [0.29, 0.717) is 31.6 Å². The Morgan fingerprint density at radius 2 is 1.88 bits per heavy atom. The fourth-order valence-electron chi connectivity index (χ4n) is 2.99. The lowest BCUT2D eigenvalue weighted by atomic mass is 9.98. The third-order valence-electron chi connectivity index (χ3n) is 4.50. The quantitative estimate of drug-likeness (QED) is 0.750. The summed E-state index contributed by atoms with van der Waals surface area (Å²) in [6, 6.07) is 6.67. The van der Waals surface area contributed by atoms with Gasteiger partial charge >= 0.3 is 5.97 Å². The van der Waals surface area contributed by atoms with Crippen LogP contribution in [0.25, 0.3) is 0 Å². The number of carboxylic acids is 1. The molecule has 0 aliphatic carbocycles. The highest BCUT2D eigenvalue weighted by molar-refractivity contribution is 7.88. The van der Waals surface area contributed by atoms with Gasteiger partial charge in [-0.2, -0.15) is 0 Å². The molecule has 138 valence electrons. The van der Waals surface area contributed by atoms with Crippen molar-refractivity contribution in [2.45, 2.75) is 25.7 Å². The summed E-state index contributed by atoms with van der Waals surface area (Å²) in [6.45, 7) is 1.51. The second-order valence-electron chi connectivity index (χ2n) is 6.37. The van der Waals surface area contributed by atoms with Gasteiger partial charge in [0.15, 0.2) is 0 Å². The SMILES string of the molecule is CS(=O)(=O)N1CCC(CNC(=O)CCc2ccccc2C(=O)O)CC1. The van der Waals surface area contributed by atoms with E-state index in [1.807, 2.05) is 0 Å². The number of hydrogen-bond donors (Lipinski definition) is 2. The van der Waals surface area contributed by atoms with Crippen LogP contribution in [0.4, 0.5) is 0 Å². The summed E-state index contributed by atoms with van der Waals surface area (Å²) in [7, 11) is -3.13. The number of aryl methyl sites for hydroxylation is 1. The molecule has 1 heterocycles. The summed E-state index contributed by atoms with van der Waals surface area (Å²) in [6.07, 6.45) is 3.28. The van der Waals surface area contributed by atoms with Gasteiger partial charge in [-0.25, -0.2) is 17.5 Å². The molecule has 1 aromatic carbocycles. The van der Waals surface area contributed by atoms with E-state index in [0.717, 1.165) is 12.8 Å². The van der Waals surface area contributed by atoms with Crippen LogP contribution < -0.4 is 5.32 Å². The van der Waals surface area contributed by atoms with Gasteiger partial charge in [-0.15, -0.1) is 0 Å². The number of hydrogen-bond acceptors (Lipinski definition) is 4. The molecular weight excluding hydrogens is 344 g/mol. The number of sulfonamides is 1. The highest BCUT2D eigenvalue weighted by Gasteiger charge is 2.25. The Morgan fingerprint density at radius 3 is 2.48 bits per heavy atom. The molecule has 1 aliphatic rings. The number of carboxylic acid groups (broad SMARTS) is 1. The molecule has 25 heavy (non-hydrogen) atoms. The van der Waals surface area contributed by atoms with E-state index in [9.17, 15) is 18.0 Å². The molecule has 2 N–H and O–H groups in total. The van der Waals surface area contributed by atoms with Crippen LogP contribution in [-0.2, 0) is 21.2 Å². The maximum atomic E-state index is 12.0. The van der Waals surface area contributed by atoms with Crippen LogP contribution in [0.15, 0.2) is 24.3 Å². The molecular formula is C17H24N2O5S. The Labute approximate surface area is 148 Å². The molecule has 2 rings (SSSR count). The van der Waals surface area contributed by atoms with Gasteiger partial charge in [0.05, 0.1) is 11.8 Å². The van der Waals surface area contributed by atoms with Gasteiger partial charge in [-0.3, -0.25) is 4.79 Å². The first-order valence-electron chi connectivity index (χ1n) is 8.30. The fraction of sp³-hybridized carbons (Fsp3) is 0.529. The molecule has 0 aromatic heterocycles. The average Bonchev–Trinajstić information content (AvgIpc) is 2.58. The van der Waals surface area contributed by atoms with Crippen molar-refractivity contribution in [3.8, 4) is 0 Å². The zero-order valence-electron chi connectivity index (χ0n) is 14.3. The van der Waals surface area contributed by atoms with E-state index in [1.165, 1.54) is 16.6 Å². The largest absolute Gasteiger partial charge is 0.478 e. The van der Waals surface area contributed by atoms with Crippen molar-refractivity contribution in [3.05, 3.63) is 35.4 Å². The van der Waals surface area contributed by atoms with E-state index in [4.69, 9.17) is 5.11 Å².